The molecule has 1 fully saturated rings. The van der Waals surface area contributed by atoms with Gasteiger partial charge in [0.15, 0.2) is 0 Å². The summed E-state index contributed by atoms with van der Waals surface area (Å²) >= 11 is 0. The van der Waals surface area contributed by atoms with Crippen molar-refractivity contribution in [2.24, 2.45) is 5.92 Å². The molecule has 26 heavy (non-hydrogen) atoms. The number of amides is 1. The van der Waals surface area contributed by atoms with Crippen LogP contribution in [0.3, 0.4) is 0 Å². The fraction of sp³-hybridized carbons (Fsp3) is 0.450. The zero-order valence-corrected chi connectivity index (χ0v) is 15.3. The number of rotatable bonds is 6. The van der Waals surface area contributed by atoms with Gasteiger partial charge in [0.2, 0.25) is 5.91 Å². The highest BCUT2D eigenvalue weighted by Gasteiger charge is 2.40. The SMILES string of the molecule is Cc1ccccc1[C@H]1CN(C(=O)CCCn2ccnc2C)C[C@@H]1C(=O)O. The van der Waals surface area contributed by atoms with E-state index in [1.54, 1.807) is 11.1 Å². The highest BCUT2D eigenvalue weighted by molar-refractivity contribution is 5.79. The van der Waals surface area contributed by atoms with Crippen molar-refractivity contribution in [3.63, 3.8) is 0 Å². The number of benzene rings is 1. The molecular formula is C20H25N3O3. The molecule has 1 N–H and O–H groups in total. The number of hydrogen-bond donors (Lipinski definition) is 1. The molecule has 0 saturated carbocycles. The van der Waals surface area contributed by atoms with Crippen LogP contribution in [0.25, 0.3) is 0 Å². The molecule has 1 saturated heterocycles. The van der Waals surface area contributed by atoms with Crippen molar-refractivity contribution in [1.82, 2.24) is 14.5 Å². The Morgan fingerprint density at radius 1 is 1.23 bits per heavy atom. The molecule has 0 aliphatic carbocycles. The van der Waals surface area contributed by atoms with Crippen molar-refractivity contribution in [3.05, 3.63) is 53.6 Å². The third kappa shape index (κ3) is 3.79. The van der Waals surface area contributed by atoms with E-state index in [2.05, 4.69) is 4.98 Å². The Kier molecular flexibility index (Phi) is 5.40. The Morgan fingerprint density at radius 2 is 2.00 bits per heavy atom. The molecule has 1 aromatic heterocycles. The van der Waals surface area contributed by atoms with Crippen molar-refractivity contribution in [1.29, 1.82) is 0 Å². The topological polar surface area (TPSA) is 75.4 Å². The van der Waals surface area contributed by atoms with Crippen LogP contribution in [0.15, 0.2) is 36.7 Å². The van der Waals surface area contributed by atoms with Crippen LogP contribution in [0.4, 0.5) is 0 Å². The minimum Gasteiger partial charge on any atom is -0.481 e. The van der Waals surface area contributed by atoms with Gasteiger partial charge in [-0.05, 0) is 31.4 Å². The minimum atomic E-state index is -0.831. The van der Waals surface area contributed by atoms with Crippen LogP contribution in [0.5, 0.6) is 0 Å². The lowest BCUT2D eigenvalue weighted by Crippen LogP contribution is -2.29. The normalized spacial score (nSPS) is 19.7. The van der Waals surface area contributed by atoms with Crippen molar-refractivity contribution in [2.75, 3.05) is 13.1 Å². The third-order valence-electron chi connectivity index (χ3n) is 5.29. The molecule has 3 rings (SSSR count). The van der Waals surface area contributed by atoms with Gasteiger partial charge < -0.3 is 14.6 Å². The van der Waals surface area contributed by atoms with E-state index in [0.29, 0.717) is 13.0 Å². The second-order valence-corrected chi connectivity index (χ2v) is 6.98. The lowest BCUT2D eigenvalue weighted by molar-refractivity contribution is -0.141. The summed E-state index contributed by atoms with van der Waals surface area (Å²) in [6.45, 7) is 5.44. The van der Waals surface area contributed by atoms with E-state index in [1.807, 2.05) is 48.9 Å². The fourth-order valence-corrected chi connectivity index (χ4v) is 3.77. The lowest BCUT2D eigenvalue weighted by atomic mass is 9.86. The molecule has 0 spiro atoms. The summed E-state index contributed by atoms with van der Waals surface area (Å²) in [4.78, 5) is 30.2. The summed E-state index contributed by atoms with van der Waals surface area (Å²) in [7, 11) is 0. The van der Waals surface area contributed by atoms with Crippen LogP contribution in [0.2, 0.25) is 0 Å². The standard InChI is InChI=1S/C20H25N3O3/c1-14-6-3-4-7-16(14)17-12-23(13-18(17)20(25)26)19(24)8-5-10-22-11-9-21-15(22)2/h3-4,6-7,9,11,17-18H,5,8,10,12-13H2,1-2H3,(H,25,26)/t17-,18+/m1/s1. The van der Waals surface area contributed by atoms with Crippen LogP contribution in [0.1, 0.15) is 35.7 Å². The Labute approximate surface area is 153 Å². The van der Waals surface area contributed by atoms with E-state index in [0.717, 1.165) is 29.9 Å². The maximum Gasteiger partial charge on any atom is 0.308 e. The van der Waals surface area contributed by atoms with Crippen LogP contribution in [-0.2, 0) is 16.1 Å². The Morgan fingerprint density at radius 3 is 2.65 bits per heavy atom. The quantitative estimate of drug-likeness (QED) is 0.864. The smallest absolute Gasteiger partial charge is 0.308 e. The van der Waals surface area contributed by atoms with E-state index in [-0.39, 0.29) is 18.4 Å². The molecule has 6 nitrogen and oxygen atoms in total. The van der Waals surface area contributed by atoms with Gasteiger partial charge in [0.25, 0.3) is 0 Å². The number of aryl methyl sites for hydroxylation is 3. The number of carboxylic acids is 1. The van der Waals surface area contributed by atoms with Crippen LogP contribution in [0, 0.1) is 19.8 Å². The van der Waals surface area contributed by atoms with Gasteiger partial charge in [-0.1, -0.05) is 24.3 Å². The molecule has 138 valence electrons. The van der Waals surface area contributed by atoms with E-state index in [9.17, 15) is 14.7 Å². The molecule has 2 heterocycles. The molecule has 1 amide bonds. The summed E-state index contributed by atoms with van der Waals surface area (Å²) < 4.78 is 2.02. The van der Waals surface area contributed by atoms with E-state index < -0.39 is 11.9 Å². The monoisotopic (exact) mass is 355 g/mol. The van der Waals surface area contributed by atoms with E-state index in [4.69, 9.17) is 0 Å². The largest absolute Gasteiger partial charge is 0.481 e. The van der Waals surface area contributed by atoms with Gasteiger partial charge in [-0.15, -0.1) is 0 Å². The van der Waals surface area contributed by atoms with Crippen LogP contribution < -0.4 is 0 Å². The maximum absolute atomic E-state index is 12.6. The second kappa shape index (κ2) is 7.72. The number of aromatic nitrogens is 2. The zero-order valence-electron chi connectivity index (χ0n) is 15.3. The number of aliphatic carboxylic acids is 1. The molecule has 2 atom stereocenters. The van der Waals surface area contributed by atoms with Crippen LogP contribution in [-0.4, -0.2) is 44.5 Å². The maximum atomic E-state index is 12.6. The summed E-state index contributed by atoms with van der Waals surface area (Å²) in [6, 6.07) is 7.85. The highest BCUT2D eigenvalue weighted by Crippen LogP contribution is 2.34. The first-order valence-electron chi connectivity index (χ1n) is 9.01. The molecule has 1 aliphatic heterocycles. The van der Waals surface area contributed by atoms with Crippen molar-refractivity contribution >= 4 is 11.9 Å². The van der Waals surface area contributed by atoms with Gasteiger partial charge in [-0.2, -0.15) is 0 Å². The first-order valence-corrected chi connectivity index (χ1v) is 9.01. The Hall–Kier alpha value is -2.63. The zero-order chi connectivity index (χ0) is 18.7. The predicted molar refractivity (Wildman–Crippen MR) is 97.8 cm³/mol. The molecule has 2 aromatic rings. The number of likely N-dealkylation sites (tertiary alicyclic amines) is 1. The summed E-state index contributed by atoms with van der Waals surface area (Å²) in [5, 5.41) is 9.62. The van der Waals surface area contributed by atoms with Crippen LogP contribution >= 0.6 is 0 Å². The summed E-state index contributed by atoms with van der Waals surface area (Å²) in [5.74, 6) is -0.554. The Bertz CT molecular complexity index is 799. The summed E-state index contributed by atoms with van der Waals surface area (Å²) in [6.07, 6.45) is 4.80. The molecule has 0 radical (unpaired) electrons. The van der Waals surface area contributed by atoms with E-state index in [1.165, 1.54) is 0 Å². The molecule has 0 bridgehead atoms. The minimum absolute atomic E-state index is 0.0325. The first kappa shape index (κ1) is 18.2. The second-order valence-electron chi connectivity index (χ2n) is 6.98. The number of carbonyl (C=O) groups is 2. The number of hydrogen-bond acceptors (Lipinski definition) is 3. The Balaban J connectivity index is 1.63. The molecule has 0 unspecified atom stereocenters. The van der Waals surface area contributed by atoms with Gasteiger partial charge in [0.05, 0.1) is 5.92 Å². The number of carboxylic acid groups (broad SMARTS) is 1. The van der Waals surface area contributed by atoms with E-state index >= 15 is 0 Å². The lowest BCUT2D eigenvalue weighted by Gasteiger charge is -2.18. The van der Waals surface area contributed by atoms with Gasteiger partial charge in [0, 0.05) is 44.4 Å². The molecule has 6 heteroatoms. The summed E-state index contributed by atoms with van der Waals surface area (Å²) in [5.41, 5.74) is 2.11. The predicted octanol–water partition coefficient (Wildman–Crippen LogP) is 2.61. The van der Waals surface area contributed by atoms with Crippen molar-refractivity contribution < 1.29 is 14.7 Å². The fourth-order valence-electron chi connectivity index (χ4n) is 3.77. The highest BCUT2D eigenvalue weighted by atomic mass is 16.4. The average Bonchev–Trinajstić information content (AvgIpc) is 3.22. The third-order valence-corrected chi connectivity index (χ3v) is 5.29. The number of imidazole rings is 1. The molecular weight excluding hydrogens is 330 g/mol. The first-order chi connectivity index (χ1) is 12.5. The molecule has 1 aliphatic rings. The average molecular weight is 355 g/mol. The van der Waals surface area contributed by atoms with Gasteiger partial charge >= 0.3 is 5.97 Å². The van der Waals surface area contributed by atoms with Gasteiger partial charge in [0.1, 0.15) is 5.82 Å². The van der Waals surface area contributed by atoms with Gasteiger partial charge in [-0.3, -0.25) is 9.59 Å². The van der Waals surface area contributed by atoms with Crippen molar-refractivity contribution in [2.45, 2.75) is 39.2 Å². The number of carbonyl (C=O) groups excluding carboxylic acids is 1. The number of nitrogens with zero attached hydrogens (tertiary/aromatic N) is 3. The van der Waals surface area contributed by atoms with Crippen molar-refractivity contribution in [3.8, 4) is 0 Å². The molecule has 1 aromatic carbocycles. The van der Waals surface area contributed by atoms with Gasteiger partial charge in [-0.25, -0.2) is 4.98 Å².